The van der Waals surface area contributed by atoms with Crippen LogP contribution in [0.2, 0.25) is 0 Å². The van der Waals surface area contributed by atoms with Gasteiger partial charge in [-0.25, -0.2) is 0 Å². The Kier molecular flexibility index (Phi) is 4.06. The number of carbonyl (C=O) groups excluding carboxylic acids is 1. The molecule has 0 spiro atoms. The van der Waals surface area contributed by atoms with Gasteiger partial charge in [0.1, 0.15) is 5.75 Å². The summed E-state index contributed by atoms with van der Waals surface area (Å²) in [6, 6.07) is 8.82. The van der Waals surface area contributed by atoms with E-state index >= 15 is 0 Å². The second kappa shape index (κ2) is 5.75. The van der Waals surface area contributed by atoms with Crippen molar-refractivity contribution in [1.29, 1.82) is 5.26 Å². The van der Waals surface area contributed by atoms with Crippen LogP contribution in [0.1, 0.15) is 19.4 Å². The molecule has 1 heterocycles. The molecule has 4 nitrogen and oxygen atoms in total. The van der Waals surface area contributed by atoms with Crippen LogP contribution in [0.25, 0.3) is 0 Å². The average Bonchev–Trinajstić information content (AvgIpc) is 2.77. The third kappa shape index (κ3) is 3.25. The molecule has 0 saturated carbocycles. The highest BCUT2D eigenvalue weighted by Crippen LogP contribution is 2.22. The second-order valence-electron chi connectivity index (χ2n) is 5.18. The lowest BCUT2D eigenvalue weighted by Gasteiger charge is -2.16. The first-order chi connectivity index (χ1) is 9.10. The number of carbonyl (C=O) groups is 1. The monoisotopic (exact) mass is 258 g/mol. The van der Waals surface area contributed by atoms with Gasteiger partial charge in [-0.05, 0) is 36.1 Å². The lowest BCUT2D eigenvalue weighted by molar-refractivity contribution is -0.132. The maximum atomic E-state index is 12.0. The maximum Gasteiger partial charge on any atom is 0.260 e. The van der Waals surface area contributed by atoms with Crippen molar-refractivity contribution in [3.05, 3.63) is 29.8 Å². The molecule has 2 unspecified atom stereocenters. The quantitative estimate of drug-likeness (QED) is 0.833. The molecule has 2 atom stereocenters. The van der Waals surface area contributed by atoms with Gasteiger partial charge in [0.25, 0.3) is 5.91 Å². The van der Waals surface area contributed by atoms with E-state index in [0.717, 1.165) is 13.1 Å². The minimum Gasteiger partial charge on any atom is -0.484 e. The number of nitrogens with zero attached hydrogens (tertiary/aromatic N) is 2. The van der Waals surface area contributed by atoms with Crippen molar-refractivity contribution in [2.24, 2.45) is 11.8 Å². The second-order valence-corrected chi connectivity index (χ2v) is 5.18. The van der Waals surface area contributed by atoms with Crippen molar-refractivity contribution in [3.63, 3.8) is 0 Å². The summed E-state index contributed by atoms with van der Waals surface area (Å²) in [5.41, 5.74) is 0.584. The highest BCUT2D eigenvalue weighted by molar-refractivity contribution is 5.78. The Hall–Kier alpha value is -2.02. The summed E-state index contributed by atoms with van der Waals surface area (Å²) in [5.74, 6) is 1.76. The summed E-state index contributed by atoms with van der Waals surface area (Å²) in [5, 5.41) is 8.69. The van der Waals surface area contributed by atoms with E-state index in [4.69, 9.17) is 10.00 Å². The smallest absolute Gasteiger partial charge is 0.260 e. The molecule has 100 valence electrons. The van der Waals surface area contributed by atoms with Gasteiger partial charge in [0, 0.05) is 13.1 Å². The zero-order valence-corrected chi connectivity index (χ0v) is 11.3. The molecule has 1 saturated heterocycles. The summed E-state index contributed by atoms with van der Waals surface area (Å²) in [7, 11) is 0. The lowest BCUT2D eigenvalue weighted by Crippen LogP contribution is -2.33. The Labute approximate surface area is 113 Å². The minimum atomic E-state index is 0.0283. The van der Waals surface area contributed by atoms with E-state index in [-0.39, 0.29) is 12.5 Å². The largest absolute Gasteiger partial charge is 0.484 e. The predicted octanol–water partition coefficient (Wildman–Crippen LogP) is 2.05. The molecule has 0 aromatic heterocycles. The molecule has 1 aromatic carbocycles. The summed E-state index contributed by atoms with van der Waals surface area (Å²) < 4.78 is 5.45. The first-order valence-corrected chi connectivity index (χ1v) is 6.51. The van der Waals surface area contributed by atoms with Crippen molar-refractivity contribution in [1.82, 2.24) is 4.90 Å². The van der Waals surface area contributed by atoms with Crippen molar-refractivity contribution in [2.75, 3.05) is 19.7 Å². The summed E-state index contributed by atoms with van der Waals surface area (Å²) in [4.78, 5) is 13.8. The standard InChI is InChI=1S/C15H18N2O2/c1-11-8-17(9-12(11)2)15(18)10-19-14-5-3-13(7-16)4-6-14/h3-6,11-12H,8-10H2,1-2H3. The van der Waals surface area contributed by atoms with Gasteiger partial charge in [0.05, 0.1) is 11.6 Å². The number of likely N-dealkylation sites (tertiary alicyclic amines) is 1. The summed E-state index contributed by atoms with van der Waals surface area (Å²) in [6.07, 6.45) is 0. The topological polar surface area (TPSA) is 53.3 Å². The number of ether oxygens (including phenoxy) is 1. The Morgan fingerprint density at radius 3 is 2.42 bits per heavy atom. The maximum absolute atomic E-state index is 12.0. The number of benzene rings is 1. The van der Waals surface area contributed by atoms with Crippen LogP contribution in [-0.2, 0) is 4.79 Å². The van der Waals surface area contributed by atoms with Gasteiger partial charge in [-0.2, -0.15) is 5.26 Å². The molecule has 1 aromatic rings. The fraction of sp³-hybridized carbons (Fsp3) is 0.467. The minimum absolute atomic E-state index is 0.0283. The highest BCUT2D eigenvalue weighted by Gasteiger charge is 2.29. The molecule has 1 aliphatic rings. The third-order valence-electron chi connectivity index (χ3n) is 3.69. The Morgan fingerprint density at radius 2 is 1.89 bits per heavy atom. The van der Waals surface area contributed by atoms with Gasteiger partial charge in [-0.1, -0.05) is 13.8 Å². The van der Waals surface area contributed by atoms with Crippen LogP contribution in [0.4, 0.5) is 0 Å². The number of hydrogen-bond donors (Lipinski definition) is 0. The SMILES string of the molecule is CC1CN(C(=O)COc2ccc(C#N)cc2)CC1C. The van der Waals surface area contributed by atoms with Crippen molar-refractivity contribution in [2.45, 2.75) is 13.8 Å². The van der Waals surface area contributed by atoms with E-state index in [0.29, 0.717) is 23.1 Å². The molecule has 1 fully saturated rings. The van der Waals surface area contributed by atoms with Gasteiger partial charge in [0.15, 0.2) is 6.61 Å². The first kappa shape index (κ1) is 13.4. The van der Waals surface area contributed by atoms with Crippen molar-refractivity contribution < 1.29 is 9.53 Å². The molecular weight excluding hydrogens is 240 g/mol. The molecular formula is C15H18N2O2. The molecule has 4 heteroatoms. The molecule has 1 aliphatic heterocycles. The zero-order chi connectivity index (χ0) is 13.8. The fourth-order valence-electron chi connectivity index (χ4n) is 2.20. The lowest BCUT2D eigenvalue weighted by atomic mass is 10.0. The van der Waals surface area contributed by atoms with Crippen molar-refractivity contribution in [3.8, 4) is 11.8 Å². The van der Waals surface area contributed by atoms with Crippen LogP contribution in [-0.4, -0.2) is 30.5 Å². The van der Waals surface area contributed by atoms with Gasteiger partial charge in [0.2, 0.25) is 0 Å². The fourth-order valence-corrected chi connectivity index (χ4v) is 2.20. The van der Waals surface area contributed by atoms with E-state index in [1.165, 1.54) is 0 Å². The summed E-state index contributed by atoms with van der Waals surface area (Å²) in [6.45, 7) is 6.03. The van der Waals surface area contributed by atoms with Gasteiger partial charge < -0.3 is 9.64 Å². The van der Waals surface area contributed by atoms with E-state index in [2.05, 4.69) is 13.8 Å². The highest BCUT2D eigenvalue weighted by atomic mass is 16.5. The van der Waals surface area contributed by atoms with Crippen LogP contribution < -0.4 is 4.74 Å². The molecule has 0 radical (unpaired) electrons. The van der Waals surface area contributed by atoms with Crippen LogP contribution in [0.15, 0.2) is 24.3 Å². The molecule has 0 N–H and O–H groups in total. The van der Waals surface area contributed by atoms with Gasteiger partial charge >= 0.3 is 0 Å². The molecule has 1 amide bonds. The molecule has 0 bridgehead atoms. The normalized spacial score (nSPS) is 22.1. The van der Waals surface area contributed by atoms with Crippen LogP contribution in [0, 0.1) is 23.2 Å². The van der Waals surface area contributed by atoms with E-state index in [1.54, 1.807) is 24.3 Å². The Morgan fingerprint density at radius 1 is 1.32 bits per heavy atom. The molecule has 0 aliphatic carbocycles. The number of amides is 1. The zero-order valence-electron chi connectivity index (χ0n) is 11.3. The van der Waals surface area contributed by atoms with Crippen LogP contribution >= 0.6 is 0 Å². The van der Waals surface area contributed by atoms with E-state index < -0.39 is 0 Å². The predicted molar refractivity (Wildman–Crippen MR) is 71.6 cm³/mol. The molecule has 2 rings (SSSR count). The van der Waals surface area contributed by atoms with Crippen LogP contribution in [0.3, 0.4) is 0 Å². The van der Waals surface area contributed by atoms with Gasteiger partial charge in [-0.15, -0.1) is 0 Å². The van der Waals surface area contributed by atoms with E-state index in [1.807, 2.05) is 11.0 Å². The number of rotatable bonds is 3. The Bertz CT molecular complexity index is 480. The number of hydrogen-bond acceptors (Lipinski definition) is 3. The summed E-state index contributed by atoms with van der Waals surface area (Å²) >= 11 is 0. The van der Waals surface area contributed by atoms with Gasteiger partial charge in [-0.3, -0.25) is 4.79 Å². The van der Waals surface area contributed by atoms with Crippen molar-refractivity contribution >= 4 is 5.91 Å². The van der Waals surface area contributed by atoms with Crippen LogP contribution in [0.5, 0.6) is 5.75 Å². The Balaban J connectivity index is 1.85. The average molecular weight is 258 g/mol. The first-order valence-electron chi connectivity index (χ1n) is 6.51. The third-order valence-corrected chi connectivity index (χ3v) is 3.69. The molecule has 19 heavy (non-hydrogen) atoms. The number of nitriles is 1. The van der Waals surface area contributed by atoms with E-state index in [9.17, 15) is 4.79 Å².